The Hall–Kier alpha value is -3.69. The molecule has 0 radical (unpaired) electrons. The van der Waals surface area contributed by atoms with Crippen molar-refractivity contribution in [1.82, 2.24) is 9.88 Å². The largest absolute Gasteiger partial charge is 0.507 e. The zero-order chi connectivity index (χ0) is 23.1. The molecule has 1 fully saturated rings. The van der Waals surface area contributed by atoms with Crippen molar-refractivity contribution in [3.63, 3.8) is 0 Å². The first-order chi connectivity index (χ1) is 16.0. The van der Waals surface area contributed by atoms with Crippen LogP contribution in [-0.4, -0.2) is 59.5 Å². The number of hydrogen-bond donors (Lipinski definition) is 2. The molecule has 8 nitrogen and oxygen atoms in total. The number of aromatic nitrogens is 1. The summed E-state index contributed by atoms with van der Waals surface area (Å²) in [6, 6.07) is 7.37. The Morgan fingerprint density at radius 1 is 1.21 bits per heavy atom. The first kappa shape index (κ1) is 21.2. The average Bonchev–Trinajstić information content (AvgIpc) is 3.27. The van der Waals surface area contributed by atoms with Crippen molar-refractivity contribution in [2.45, 2.75) is 6.04 Å². The van der Waals surface area contributed by atoms with Gasteiger partial charge < -0.3 is 24.1 Å². The number of nitrogens with zero attached hydrogens (tertiary/aromatic N) is 2. The van der Waals surface area contributed by atoms with E-state index in [-0.39, 0.29) is 16.7 Å². The van der Waals surface area contributed by atoms with Crippen LogP contribution >= 0.6 is 0 Å². The Bertz CT molecular complexity index is 1360. The summed E-state index contributed by atoms with van der Waals surface area (Å²) in [5, 5.41) is 22.7. The van der Waals surface area contributed by atoms with Crippen LogP contribution in [-0.2, 0) is 4.74 Å². The minimum Gasteiger partial charge on any atom is -0.507 e. The van der Waals surface area contributed by atoms with Gasteiger partial charge in [0.15, 0.2) is 0 Å². The molecular formula is C24H21FN2O6. The van der Waals surface area contributed by atoms with E-state index in [0.717, 1.165) is 0 Å². The molecule has 5 rings (SSSR count). The molecule has 3 heterocycles. The van der Waals surface area contributed by atoms with E-state index in [9.17, 15) is 19.4 Å². The number of phenols is 1. The van der Waals surface area contributed by atoms with Crippen LogP contribution in [0.3, 0.4) is 0 Å². The Labute approximate surface area is 187 Å². The Balaban J connectivity index is 1.90. The summed E-state index contributed by atoms with van der Waals surface area (Å²) in [5.74, 6) is -1.46. The summed E-state index contributed by atoms with van der Waals surface area (Å²) in [4.78, 5) is 17.8. The summed E-state index contributed by atoms with van der Waals surface area (Å²) in [7, 11) is 1.52. The fourth-order valence-corrected chi connectivity index (χ4v) is 4.54. The number of pyridine rings is 1. The lowest BCUT2D eigenvalue weighted by molar-refractivity contribution is 0.0237. The van der Waals surface area contributed by atoms with Gasteiger partial charge in [-0.3, -0.25) is 4.90 Å². The van der Waals surface area contributed by atoms with Crippen LogP contribution < -0.4 is 4.74 Å². The SMILES string of the molecule is COc1ccc2c(c1)c(O)c(C(c1ccnc(F)c1)N1CCOCC1)c1c(C(=O)O)coc12. The molecule has 1 saturated heterocycles. The fraction of sp³-hybridized carbons (Fsp3) is 0.250. The van der Waals surface area contributed by atoms with Crippen LogP contribution in [0.5, 0.6) is 11.5 Å². The van der Waals surface area contributed by atoms with E-state index >= 15 is 0 Å². The number of benzene rings is 2. The number of carbonyl (C=O) groups is 1. The van der Waals surface area contributed by atoms with Gasteiger partial charge in [-0.2, -0.15) is 4.39 Å². The van der Waals surface area contributed by atoms with Crippen molar-refractivity contribution >= 4 is 27.7 Å². The minimum absolute atomic E-state index is 0.0826. The van der Waals surface area contributed by atoms with E-state index in [1.807, 2.05) is 4.90 Å². The van der Waals surface area contributed by atoms with E-state index in [2.05, 4.69) is 4.98 Å². The van der Waals surface area contributed by atoms with Crippen molar-refractivity contribution in [1.29, 1.82) is 0 Å². The van der Waals surface area contributed by atoms with Crippen molar-refractivity contribution in [3.8, 4) is 11.5 Å². The van der Waals surface area contributed by atoms with E-state index in [0.29, 0.717) is 59.5 Å². The normalized spacial score (nSPS) is 15.7. The third-order valence-corrected chi connectivity index (χ3v) is 6.02. The van der Waals surface area contributed by atoms with Gasteiger partial charge in [0.1, 0.15) is 28.9 Å². The average molecular weight is 452 g/mol. The van der Waals surface area contributed by atoms with Gasteiger partial charge in [-0.1, -0.05) is 0 Å². The maximum absolute atomic E-state index is 14.2. The molecule has 2 aromatic carbocycles. The number of carboxylic acid groups (broad SMARTS) is 1. The quantitative estimate of drug-likeness (QED) is 0.439. The first-order valence-electron chi connectivity index (χ1n) is 10.4. The molecule has 4 aromatic rings. The number of methoxy groups -OCH3 is 1. The van der Waals surface area contributed by atoms with Gasteiger partial charge in [-0.05, 0) is 35.9 Å². The monoisotopic (exact) mass is 452 g/mol. The second kappa shape index (κ2) is 8.34. The van der Waals surface area contributed by atoms with Crippen LogP contribution in [0.15, 0.2) is 47.2 Å². The van der Waals surface area contributed by atoms with Crippen LogP contribution in [0, 0.1) is 5.95 Å². The van der Waals surface area contributed by atoms with Gasteiger partial charge in [-0.15, -0.1) is 0 Å². The van der Waals surface area contributed by atoms with Gasteiger partial charge in [-0.25, -0.2) is 9.78 Å². The fourth-order valence-electron chi connectivity index (χ4n) is 4.54. The van der Waals surface area contributed by atoms with E-state index in [1.165, 1.54) is 25.6 Å². The Morgan fingerprint density at radius 3 is 2.70 bits per heavy atom. The number of ether oxygens (including phenoxy) is 2. The molecule has 1 atom stereocenters. The number of morpholine rings is 1. The highest BCUT2D eigenvalue weighted by Gasteiger charge is 2.33. The molecule has 0 bridgehead atoms. The number of furan rings is 1. The maximum atomic E-state index is 14.2. The van der Waals surface area contributed by atoms with Gasteiger partial charge in [0, 0.05) is 41.0 Å². The van der Waals surface area contributed by atoms with Crippen LogP contribution in [0.2, 0.25) is 0 Å². The molecule has 0 aliphatic carbocycles. The molecule has 170 valence electrons. The third-order valence-electron chi connectivity index (χ3n) is 6.02. The molecule has 1 aliphatic heterocycles. The summed E-state index contributed by atoms with van der Waals surface area (Å²) >= 11 is 0. The predicted octanol–water partition coefficient (Wildman–Crippen LogP) is 3.95. The highest BCUT2D eigenvalue weighted by Crippen LogP contribution is 2.47. The molecule has 0 saturated carbocycles. The van der Waals surface area contributed by atoms with Crippen LogP contribution in [0.25, 0.3) is 21.7 Å². The number of halogens is 1. The minimum atomic E-state index is -1.19. The molecule has 1 unspecified atom stereocenters. The lowest BCUT2D eigenvalue weighted by atomic mass is 9.89. The van der Waals surface area contributed by atoms with Crippen molar-refractivity contribution in [2.75, 3.05) is 33.4 Å². The zero-order valence-electron chi connectivity index (χ0n) is 17.7. The standard InChI is InChI=1S/C24H21FN2O6/c1-31-14-2-3-15-16(11-14)22(28)20(19-17(24(29)30)12-33-23(15)19)21(27-6-8-32-9-7-27)13-4-5-26-18(25)10-13/h2-5,10-12,21,28H,6-9H2,1H3,(H,29,30). The number of aromatic hydroxyl groups is 1. The lowest BCUT2D eigenvalue weighted by Crippen LogP contribution is -2.39. The number of rotatable bonds is 5. The van der Waals surface area contributed by atoms with Gasteiger partial charge in [0.05, 0.1) is 26.4 Å². The van der Waals surface area contributed by atoms with Gasteiger partial charge in [0.25, 0.3) is 0 Å². The summed E-state index contributed by atoms with van der Waals surface area (Å²) in [6.45, 7) is 1.91. The van der Waals surface area contributed by atoms with E-state index < -0.39 is 18.0 Å². The molecule has 33 heavy (non-hydrogen) atoms. The van der Waals surface area contributed by atoms with Gasteiger partial charge in [0.2, 0.25) is 5.95 Å². The van der Waals surface area contributed by atoms with Crippen molar-refractivity contribution in [2.24, 2.45) is 0 Å². The molecular weight excluding hydrogens is 431 g/mol. The predicted molar refractivity (Wildman–Crippen MR) is 117 cm³/mol. The van der Waals surface area contributed by atoms with Crippen molar-refractivity contribution < 1.29 is 33.3 Å². The van der Waals surface area contributed by atoms with Gasteiger partial charge >= 0.3 is 5.97 Å². The highest BCUT2D eigenvalue weighted by atomic mass is 19.1. The number of carboxylic acids is 1. The first-order valence-corrected chi connectivity index (χ1v) is 10.4. The Kier molecular flexibility index (Phi) is 5.35. The topological polar surface area (TPSA) is 105 Å². The summed E-state index contributed by atoms with van der Waals surface area (Å²) in [6.07, 6.45) is 2.52. The molecule has 0 spiro atoms. The molecule has 1 aliphatic rings. The number of phenolic OH excluding ortho intramolecular Hbond substituents is 1. The highest BCUT2D eigenvalue weighted by molar-refractivity contribution is 6.16. The van der Waals surface area contributed by atoms with E-state index in [4.69, 9.17) is 13.9 Å². The summed E-state index contributed by atoms with van der Waals surface area (Å²) in [5.41, 5.74) is 1.09. The van der Waals surface area contributed by atoms with Crippen LogP contribution in [0.4, 0.5) is 4.39 Å². The smallest absolute Gasteiger partial charge is 0.339 e. The molecule has 0 amide bonds. The number of hydrogen-bond acceptors (Lipinski definition) is 7. The second-order valence-corrected chi connectivity index (χ2v) is 7.80. The number of fused-ring (bicyclic) bond motifs is 3. The van der Waals surface area contributed by atoms with Crippen LogP contribution in [0.1, 0.15) is 27.5 Å². The van der Waals surface area contributed by atoms with E-state index in [1.54, 1.807) is 24.3 Å². The second-order valence-electron chi connectivity index (χ2n) is 7.80. The zero-order valence-corrected chi connectivity index (χ0v) is 17.7. The molecule has 2 aromatic heterocycles. The number of aromatic carboxylic acids is 1. The lowest BCUT2D eigenvalue weighted by Gasteiger charge is -2.36. The maximum Gasteiger partial charge on any atom is 0.339 e. The van der Waals surface area contributed by atoms with Crippen molar-refractivity contribution in [3.05, 3.63) is 65.4 Å². The molecule has 2 N–H and O–H groups in total. The molecule has 9 heteroatoms. The Morgan fingerprint density at radius 2 is 2.00 bits per heavy atom. The summed E-state index contributed by atoms with van der Waals surface area (Å²) < 4.78 is 30.7. The third kappa shape index (κ3) is 3.55.